The first-order valence-electron chi connectivity index (χ1n) is 7.55. The van der Waals surface area contributed by atoms with E-state index in [9.17, 15) is 9.59 Å². The highest BCUT2D eigenvalue weighted by molar-refractivity contribution is 5.94. The summed E-state index contributed by atoms with van der Waals surface area (Å²) in [7, 11) is 0. The molecule has 19 heavy (non-hydrogen) atoms. The molecule has 0 unspecified atom stereocenters. The van der Waals surface area contributed by atoms with Gasteiger partial charge >= 0.3 is 5.97 Å². The topological polar surface area (TPSA) is 54.4 Å². The van der Waals surface area contributed by atoms with Crippen LogP contribution in [0.2, 0.25) is 0 Å². The third-order valence-corrected chi connectivity index (χ3v) is 3.08. The molecule has 0 atom stereocenters. The van der Waals surface area contributed by atoms with Gasteiger partial charge in [-0.2, -0.15) is 0 Å². The molecule has 0 aliphatic carbocycles. The number of Topliss-reactive ketones (excluding diaryl/α,β-unsaturated/α-hetero) is 1. The molecule has 3 heteroatoms. The minimum absolute atomic E-state index is 0.143. The van der Waals surface area contributed by atoms with Crippen LogP contribution in [0.3, 0.4) is 0 Å². The van der Waals surface area contributed by atoms with Crippen molar-refractivity contribution in [2.45, 2.75) is 77.6 Å². The molecule has 0 saturated heterocycles. The molecule has 0 amide bonds. The Hall–Kier alpha value is -1.12. The highest BCUT2D eigenvalue weighted by Crippen LogP contribution is 2.10. The largest absolute Gasteiger partial charge is 0.481 e. The molecule has 3 nitrogen and oxygen atoms in total. The van der Waals surface area contributed by atoms with Crippen molar-refractivity contribution < 1.29 is 14.7 Å². The zero-order chi connectivity index (χ0) is 14.3. The van der Waals surface area contributed by atoms with E-state index < -0.39 is 5.97 Å². The molecule has 110 valence electrons. The molecule has 0 heterocycles. The second-order valence-electron chi connectivity index (χ2n) is 5.00. The number of hydrogen-bond donors (Lipinski definition) is 1. The number of carboxylic acids is 1. The summed E-state index contributed by atoms with van der Waals surface area (Å²) in [6, 6.07) is 0. The Balaban J connectivity index is 3.16. The molecule has 0 aliphatic heterocycles. The number of aliphatic carboxylic acids is 1. The predicted octanol–water partition coefficient (Wildman–Crippen LogP) is 4.51. The molecule has 0 aromatic carbocycles. The van der Waals surface area contributed by atoms with Gasteiger partial charge in [0, 0.05) is 6.42 Å². The van der Waals surface area contributed by atoms with Crippen LogP contribution in [0.25, 0.3) is 0 Å². The number of carbonyl (C=O) groups excluding carboxylic acids is 1. The van der Waals surface area contributed by atoms with Gasteiger partial charge in [-0.25, -0.2) is 0 Å². The third kappa shape index (κ3) is 14.8. The Morgan fingerprint density at radius 1 is 0.895 bits per heavy atom. The van der Waals surface area contributed by atoms with Gasteiger partial charge in [0.1, 0.15) is 12.2 Å². The molecular formula is C16H28O3. The van der Waals surface area contributed by atoms with Gasteiger partial charge in [-0.3, -0.25) is 9.59 Å². The highest BCUT2D eigenvalue weighted by Gasteiger charge is 2.06. The van der Waals surface area contributed by atoms with Crippen LogP contribution in [0.1, 0.15) is 77.6 Å². The summed E-state index contributed by atoms with van der Waals surface area (Å²) in [6.45, 7) is 2.15. The van der Waals surface area contributed by atoms with Crippen molar-refractivity contribution in [3.8, 4) is 0 Å². The standard InChI is InChI=1S/C16H28O3/c1-2-3-4-5-6-7-8-9-10-11-12-13-15(17)14-16(18)19/h3-4H,2,5-14H2,1H3,(H,18,19)/b4-3-. The fraction of sp³-hybridized carbons (Fsp3) is 0.750. The maximum Gasteiger partial charge on any atom is 0.310 e. The van der Waals surface area contributed by atoms with Crippen LogP contribution in [0, 0.1) is 0 Å². The lowest BCUT2D eigenvalue weighted by Gasteiger charge is -2.01. The van der Waals surface area contributed by atoms with Crippen molar-refractivity contribution in [2.75, 3.05) is 0 Å². The molecule has 0 radical (unpaired) electrons. The second kappa shape index (κ2) is 13.3. The van der Waals surface area contributed by atoms with Crippen molar-refractivity contribution in [3.05, 3.63) is 12.2 Å². The van der Waals surface area contributed by atoms with Gasteiger partial charge in [0.05, 0.1) is 0 Å². The van der Waals surface area contributed by atoms with Crippen molar-refractivity contribution in [1.82, 2.24) is 0 Å². The molecule has 0 rings (SSSR count). The van der Waals surface area contributed by atoms with E-state index in [-0.39, 0.29) is 12.2 Å². The molecule has 0 spiro atoms. The SMILES string of the molecule is CC/C=C\CCCCCCCCCC(=O)CC(=O)O. The molecule has 0 aromatic heterocycles. The first-order chi connectivity index (χ1) is 9.16. The smallest absolute Gasteiger partial charge is 0.310 e. The normalized spacial score (nSPS) is 11.0. The van der Waals surface area contributed by atoms with E-state index in [1.165, 1.54) is 32.1 Å². The third-order valence-electron chi connectivity index (χ3n) is 3.08. The predicted molar refractivity (Wildman–Crippen MR) is 78.2 cm³/mol. The summed E-state index contributed by atoms with van der Waals surface area (Å²) < 4.78 is 0. The van der Waals surface area contributed by atoms with E-state index in [0.717, 1.165) is 25.7 Å². The molecule has 0 fully saturated rings. The van der Waals surface area contributed by atoms with Crippen LogP contribution in [0.5, 0.6) is 0 Å². The number of allylic oxidation sites excluding steroid dienone is 2. The van der Waals surface area contributed by atoms with Crippen LogP contribution in [0.4, 0.5) is 0 Å². The number of carbonyl (C=O) groups is 2. The Labute approximate surface area is 117 Å². The van der Waals surface area contributed by atoms with E-state index >= 15 is 0 Å². The Kier molecular flexibility index (Phi) is 12.5. The number of hydrogen-bond acceptors (Lipinski definition) is 2. The quantitative estimate of drug-likeness (QED) is 0.304. The van der Waals surface area contributed by atoms with E-state index in [0.29, 0.717) is 6.42 Å². The van der Waals surface area contributed by atoms with Crippen molar-refractivity contribution in [3.63, 3.8) is 0 Å². The van der Waals surface area contributed by atoms with Gasteiger partial charge in [0.2, 0.25) is 0 Å². The molecular weight excluding hydrogens is 240 g/mol. The van der Waals surface area contributed by atoms with Crippen LogP contribution >= 0.6 is 0 Å². The summed E-state index contributed by atoms with van der Waals surface area (Å²) in [6.07, 6.45) is 15.0. The molecule has 0 aliphatic rings. The van der Waals surface area contributed by atoms with Gasteiger partial charge in [-0.15, -0.1) is 0 Å². The molecule has 0 bridgehead atoms. The maximum atomic E-state index is 11.1. The first kappa shape index (κ1) is 17.9. The van der Waals surface area contributed by atoms with Crippen LogP contribution in [-0.4, -0.2) is 16.9 Å². The Morgan fingerprint density at radius 2 is 1.47 bits per heavy atom. The summed E-state index contributed by atoms with van der Waals surface area (Å²) in [5.41, 5.74) is 0. The lowest BCUT2D eigenvalue weighted by molar-refractivity contribution is -0.140. The Morgan fingerprint density at radius 3 is 2.05 bits per heavy atom. The number of carboxylic acid groups (broad SMARTS) is 1. The minimum atomic E-state index is -1.01. The lowest BCUT2D eigenvalue weighted by atomic mass is 10.1. The van der Waals surface area contributed by atoms with Crippen LogP contribution in [0.15, 0.2) is 12.2 Å². The summed E-state index contributed by atoms with van der Waals surface area (Å²) >= 11 is 0. The lowest BCUT2D eigenvalue weighted by Crippen LogP contribution is -2.05. The Bertz CT molecular complexity index is 269. The number of ketones is 1. The highest BCUT2D eigenvalue weighted by atomic mass is 16.4. The summed E-state index contributed by atoms with van der Waals surface area (Å²) in [5.74, 6) is -1.16. The first-order valence-corrected chi connectivity index (χ1v) is 7.55. The van der Waals surface area contributed by atoms with Gasteiger partial charge in [-0.1, -0.05) is 51.2 Å². The maximum absolute atomic E-state index is 11.1. The molecule has 0 aromatic rings. The zero-order valence-corrected chi connectivity index (χ0v) is 12.2. The molecule has 1 N–H and O–H groups in total. The van der Waals surface area contributed by atoms with Gasteiger partial charge in [0.25, 0.3) is 0 Å². The van der Waals surface area contributed by atoms with E-state index in [4.69, 9.17) is 5.11 Å². The van der Waals surface area contributed by atoms with Crippen molar-refractivity contribution in [1.29, 1.82) is 0 Å². The van der Waals surface area contributed by atoms with Gasteiger partial charge < -0.3 is 5.11 Å². The van der Waals surface area contributed by atoms with Crippen molar-refractivity contribution in [2.24, 2.45) is 0 Å². The number of rotatable bonds is 13. The van der Waals surface area contributed by atoms with Crippen LogP contribution in [-0.2, 0) is 9.59 Å². The second-order valence-corrected chi connectivity index (χ2v) is 5.00. The summed E-state index contributed by atoms with van der Waals surface area (Å²) in [4.78, 5) is 21.4. The molecule has 0 saturated carbocycles. The zero-order valence-electron chi connectivity index (χ0n) is 12.2. The fourth-order valence-electron chi connectivity index (χ4n) is 2.01. The minimum Gasteiger partial charge on any atom is -0.481 e. The van der Waals surface area contributed by atoms with E-state index in [1.54, 1.807) is 0 Å². The number of unbranched alkanes of at least 4 members (excludes halogenated alkanes) is 7. The average molecular weight is 268 g/mol. The van der Waals surface area contributed by atoms with Gasteiger partial charge in [0.15, 0.2) is 0 Å². The van der Waals surface area contributed by atoms with Crippen molar-refractivity contribution >= 4 is 11.8 Å². The monoisotopic (exact) mass is 268 g/mol. The summed E-state index contributed by atoms with van der Waals surface area (Å²) in [5, 5.41) is 8.44. The average Bonchev–Trinajstić information content (AvgIpc) is 2.35. The van der Waals surface area contributed by atoms with E-state index in [1.807, 2.05) is 0 Å². The fourth-order valence-corrected chi connectivity index (χ4v) is 2.01. The van der Waals surface area contributed by atoms with Gasteiger partial charge in [-0.05, 0) is 25.7 Å². The van der Waals surface area contributed by atoms with Crippen LogP contribution < -0.4 is 0 Å². The van der Waals surface area contributed by atoms with E-state index in [2.05, 4.69) is 19.1 Å².